The topological polar surface area (TPSA) is 70.2 Å². The van der Waals surface area contributed by atoms with E-state index in [9.17, 15) is 14.0 Å². The Morgan fingerprint density at radius 3 is 2.72 bits per heavy atom. The zero-order chi connectivity index (χ0) is 13.0. The van der Waals surface area contributed by atoms with E-state index in [0.29, 0.717) is 18.8 Å². The van der Waals surface area contributed by atoms with Crippen LogP contribution in [0.4, 0.5) is 10.1 Å². The number of nitrogens with one attached hydrogen (secondary N) is 3. The molecule has 0 aromatic heterocycles. The number of halogens is 1. The molecule has 1 aliphatic rings. The lowest BCUT2D eigenvalue weighted by molar-refractivity contribution is -0.127. The molecular formula is C12H14FN3O2. The molecule has 0 spiro atoms. The Morgan fingerprint density at radius 1 is 1.33 bits per heavy atom. The van der Waals surface area contributed by atoms with E-state index in [2.05, 4.69) is 16.0 Å². The van der Waals surface area contributed by atoms with Gasteiger partial charge in [-0.15, -0.1) is 0 Å². The maximum atomic E-state index is 12.7. The van der Waals surface area contributed by atoms with Crippen LogP contribution in [0.5, 0.6) is 0 Å². The van der Waals surface area contributed by atoms with E-state index in [1.54, 1.807) is 0 Å². The fourth-order valence-electron chi connectivity index (χ4n) is 1.74. The molecule has 2 rings (SSSR count). The number of hydrogen-bond acceptors (Lipinski definition) is 3. The van der Waals surface area contributed by atoms with E-state index in [1.807, 2.05) is 0 Å². The summed E-state index contributed by atoms with van der Waals surface area (Å²) in [6, 6.07) is 4.98. The number of rotatable bonds is 3. The average Bonchev–Trinajstić information content (AvgIpc) is 2.35. The van der Waals surface area contributed by atoms with E-state index in [1.165, 1.54) is 24.3 Å². The predicted octanol–water partition coefficient (Wildman–Crippen LogP) is 0.242. The second-order valence-corrected chi connectivity index (χ2v) is 4.06. The van der Waals surface area contributed by atoms with E-state index >= 15 is 0 Å². The molecule has 1 heterocycles. The Kier molecular flexibility index (Phi) is 3.88. The van der Waals surface area contributed by atoms with Crippen LogP contribution >= 0.6 is 0 Å². The first-order chi connectivity index (χ1) is 8.65. The zero-order valence-electron chi connectivity index (χ0n) is 9.70. The van der Waals surface area contributed by atoms with Gasteiger partial charge in [0.05, 0.1) is 12.5 Å². The molecule has 96 valence electrons. The molecule has 18 heavy (non-hydrogen) atoms. The highest BCUT2D eigenvalue weighted by molar-refractivity contribution is 5.95. The third kappa shape index (κ3) is 3.27. The van der Waals surface area contributed by atoms with Crippen LogP contribution in [0.2, 0.25) is 0 Å². The summed E-state index contributed by atoms with van der Waals surface area (Å²) in [5.41, 5.74) is 0.512. The standard InChI is InChI=1S/C12H14FN3O2/c13-8-1-3-9(4-2-8)16-11(17)7-10-12(18)15-6-5-14-10/h1-4,10,14H,5-7H2,(H,15,18)(H,16,17). The molecule has 5 nitrogen and oxygen atoms in total. The van der Waals surface area contributed by atoms with Gasteiger partial charge in [-0.25, -0.2) is 4.39 Å². The minimum Gasteiger partial charge on any atom is -0.353 e. The maximum Gasteiger partial charge on any atom is 0.237 e. The molecule has 1 fully saturated rings. The molecule has 1 saturated heterocycles. The molecule has 2 amide bonds. The second-order valence-electron chi connectivity index (χ2n) is 4.06. The molecule has 6 heteroatoms. The molecule has 0 radical (unpaired) electrons. The van der Waals surface area contributed by atoms with Gasteiger partial charge in [0.1, 0.15) is 5.82 Å². The van der Waals surface area contributed by atoms with Crippen LogP contribution in [0.1, 0.15) is 6.42 Å². The Bertz CT molecular complexity index is 447. The van der Waals surface area contributed by atoms with Gasteiger partial charge in [-0.05, 0) is 24.3 Å². The Morgan fingerprint density at radius 2 is 2.06 bits per heavy atom. The third-order valence-corrected chi connectivity index (χ3v) is 2.65. The lowest BCUT2D eigenvalue weighted by Gasteiger charge is -2.22. The van der Waals surface area contributed by atoms with Gasteiger partial charge in [-0.2, -0.15) is 0 Å². The number of anilines is 1. The van der Waals surface area contributed by atoms with Crippen molar-refractivity contribution in [3.8, 4) is 0 Å². The monoisotopic (exact) mass is 251 g/mol. The van der Waals surface area contributed by atoms with Crippen molar-refractivity contribution in [1.82, 2.24) is 10.6 Å². The van der Waals surface area contributed by atoms with Crippen LogP contribution in [-0.4, -0.2) is 30.9 Å². The van der Waals surface area contributed by atoms with Gasteiger partial charge in [0.15, 0.2) is 0 Å². The van der Waals surface area contributed by atoms with E-state index in [4.69, 9.17) is 0 Å². The highest BCUT2D eigenvalue weighted by Crippen LogP contribution is 2.09. The van der Waals surface area contributed by atoms with Gasteiger partial charge < -0.3 is 16.0 Å². The molecule has 0 aliphatic carbocycles. The lowest BCUT2D eigenvalue weighted by atomic mass is 10.1. The van der Waals surface area contributed by atoms with Gasteiger partial charge in [0.2, 0.25) is 11.8 Å². The lowest BCUT2D eigenvalue weighted by Crippen LogP contribution is -2.53. The maximum absolute atomic E-state index is 12.7. The molecule has 1 aliphatic heterocycles. The van der Waals surface area contributed by atoms with Crippen LogP contribution in [0.3, 0.4) is 0 Å². The summed E-state index contributed by atoms with van der Waals surface area (Å²) < 4.78 is 12.7. The SMILES string of the molecule is O=C(CC1NCCNC1=O)Nc1ccc(F)cc1. The second kappa shape index (κ2) is 5.59. The molecule has 0 bridgehead atoms. The Labute approximate surface area is 104 Å². The highest BCUT2D eigenvalue weighted by Gasteiger charge is 2.23. The van der Waals surface area contributed by atoms with Gasteiger partial charge in [0.25, 0.3) is 0 Å². The minimum absolute atomic E-state index is 0.0587. The highest BCUT2D eigenvalue weighted by atomic mass is 19.1. The summed E-state index contributed by atoms with van der Waals surface area (Å²) in [5, 5.41) is 8.25. The quantitative estimate of drug-likeness (QED) is 0.721. The van der Waals surface area contributed by atoms with Crippen LogP contribution in [0.25, 0.3) is 0 Å². The van der Waals surface area contributed by atoms with Gasteiger partial charge in [-0.3, -0.25) is 9.59 Å². The van der Waals surface area contributed by atoms with Crippen molar-refractivity contribution in [3.05, 3.63) is 30.1 Å². The first-order valence-electron chi connectivity index (χ1n) is 5.71. The third-order valence-electron chi connectivity index (χ3n) is 2.65. The number of carbonyl (C=O) groups excluding carboxylic acids is 2. The zero-order valence-corrected chi connectivity index (χ0v) is 9.70. The van der Waals surface area contributed by atoms with Crippen molar-refractivity contribution in [3.63, 3.8) is 0 Å². The van der Waals surface area contributed by atoms with Crippen LogP contribution < -0.4 is 16.0 Å². The van der Waals surface area contributed by atoms with Crippen molar-refractivity contribution < 1.29 is 14.0 Å². The average molecular weight is 251 g/mol. The number of piperazine rings is 1. The van der Waals surface area contributed by atoms with E-state index < -0.39 is 6.04 Å². The Hall–Kier alpha value is -1.95. The van der Waals surface area contributed by atoms with Crippen LogP contribution in [0.15, 0.2) is 24.3 Å². The van der Waals surface area contributed by atoms with Gasteiger partial charge in [-0.1, -0.05) is 0 Å². The van der Waals surface area contributed by atoms with Crippen LogP contribution in [0, 0.1) is 5.82 Å². The number of carbonyl (C=O) groups is 2. The predicted molar refractivity (Wildman–Crippen MR) is 64.4 cm³/mol. The van der Waals surface area contributed by atoms with Gasteiger partial charge >= 0.3 is 0 Å². The fourth-order valence-corrected chi connectivity index (χ4v) is 1.74. The smallest absolute Gasteiger partial charge is 0.237 e. The minimum atomic E-state index is -0.501. The normalized spacial score (nSPS) is 19.2. The molecule has 1 atom stereocenters. The molecular weight excluding hydrogens is 237 g/mol. The Balaban J connectivity index is 1.88. The molecule has 1 aromatic rings. The number of hydrogen-bond donors (Lipinski definition) is 3. The van der Waals surface area contributed by atoms with Crippen molar-refractivity contribution in [2.45, 2.75) is 12.5 Å². The fraction of sp³-hybridized carbons (Fsp3) is 0.333. The van der Waals surface area contributed by atoms with Crippen molar-refractivity contribution in [2.24, 2.45) is 0 Å². The van der Waals surface area contributed by atoms with E-state index in [-0.39, 0.29) is 24.1 Å². The van der Waals surface area contributed by atoms with Crippen LogP contribution in [-0.2, 0) is 9.59 Å². The number of amides is 2. The summed E-state index contributed by atoms with van der Waals surface area (Å²) in [4.78, 5) is 23.1. The number of benzene rings is 1. The summed E-state index contributed by atoms with van der Waals surface area (Å²) in [5.74, 6) is -0.812. The largest absolute Gasteiger partial charge is 0.353 e. The molecule has 0 saturated carbocycles. The van der Waals surface area contributed by atoms with E-state index in [0.717, 1.165) is 0 Å². The van der Waals surface area contributed by atoms with Crippen molar-refractivity contribution in [1.29, 1.82) is 0 Å². The summed E-state index contributed by atoms with van der Waals surface area (Å²) >= 11 is 0. The molecule has 1 aromatic carbocycles. The summed E-state index contributed by atoms with van der Waals surface area (Å²) in [6.07, 6.45) is 0.0587. The first-order valence-corrected chi connectivity index (χ1v) is 5.71. The van der Waals surface area contributed by atoms with Gasteiger partial charge in [0, 0.05) is 18.8 Å². The molecule has 3 N–H and O–H groups in total. The van der Waals surface area contributed by atoms with Crippen molar-refractivity contribution in [2.75, 3.05) is 18.4 Å². The van der Waals surface area contributed by atoms with Crippen molar-refractivity contribution >= 4 is 17.5 Å². The summed E-state index contributed by atoms with van der Waals surface area (Å²) in [7, 11) is 0. The summed E-state index contributed by atoms with van der Waals surface area (Å²) in [6.45, 7) is 1.23. The molecule has 1 unspecified atom stereocenters. The first kappa shape index (κ1) is 12.5.